The van der Waals surface area contributed by atoms with Crippen molar-refractivity contribution in [2.24, 2.45) is 0 Å². The molecule has 0 radical (unpaired) electrons. The van der Waals surface area contributed by atoms with Gasteiger partial charge in [-0.1, -0.05) is 15.9 Å². The second kappa shape index (κ2) is 6.51. The van der Waals surface area contributed by atoms with Gasteiger partial charge in [-0.15, -0.1) is 0 Å². The monoisotopic (exact) mass is 292 g/mol. The van der Waals surface area contributed by atoms with Gasteiger partial charge in [0.15, 0.2) is 0 Å². The summed E-state index contributed by atoms with van der Waals surface area (Å²) in [7, 11) is 0. The van der Waals surface area contributed by atoms with Gasteiger partial charge >= 0.3 is 0 Å². The van der Waals surface area contributed by atoms with Crippen LogP contribution in [-0.2, 0) is 6.42 Å². The summed E-state index contributed by atoms with van der Waals surface area (Å²) in [4.78, 5) is 0. The molecule has 4 heteroatoms. The van der Waals surface area contributed by atoms with Crippen molar-refractivity contribution in [1.82, 2.24) is 0 Å². The molecule has 0 aliphatic rings. The van der Waals surface area contributed by atoms with E-state index < -0.39 is 6.10 Å². The number of hydrogen-bond donors (Lipinski definition) is 1. The minimum atomic E-state index is -0.457. The van der Waals surface area contributed by atoms with Gasteiger partial charge in [0.2, 0.25) is 0 Å². The fraction of sp³-hybridized carbons (Fsp3) is 0.455. The quantitative estimate of drug-likeness (QED) is 0.899. The SMILES string of the molecule is CSCCC(O)Cc1cc(Br)ccc1F. The van der Waals surface area contributed by atoms with Gasteiger partial charge in [0.05, 0.1) is 6.10 Å². The first-order valence-electron chi connectivity index (χ1n) is 4.74. The molecule has 0 heterocycles. The molecule has 0 spiro atoms. The number of hydrogen-bond acceptors (Lipinski definition) is 2. The third kappa shape index (κ3) is 4.53. The van der Waals surface area contributed by atoms with E-state index in [-0.39, 0.29) is 5.82 Å². The highest BCUT2D eigenvalue weighted by Gasteiger charge is 2.09. The Labute approximate surface area is 102 Å². The van der Waals surface area contributed by atoms with Crippen LogP contribution in [0.4, 0.5) is 4.39 Å². The lowest BCUT2D eigenvalue weighted by Gasteiger charge is -2.10. The summed E-state index contributed by atoms with van der Waals surface area (Å²) in [5.41, 5.74) is 0.568. The van der Waals surface area contributed by atoms with Crippen molar-refractivity contribution in [2.45, 2.75) is 18.9 Å². The van der Waals surface area contributed by atoms with Crippen LogP contribution in [0.2, 0.25) is 0 Å². The average Bonchev–Trinajstić information content (AvgIpc) is 2.20. The smallest absolute Gasteiger partial charge is 0.126 e. The average molecular weight is 293 g/mol. The molecule has 1 nitrogen and oxygen atoms in total. The van der Waals surface area contributed by atoms with E-state index in [9.17, 15) is 9.50 Å². The third-order valence-corrected chi connectivity index (χ3v) is 3.26. The molecular weight excluding hydrogens is 279 g/mol. The number of thioether (sulfide) groups is 1. The summed E-state index contributed by atoms with van der Waals surface area (Å²) in [5.74, 6) is 0.651. The predicted octanol–water partition coefficient (Wildman–Crippen LogP) is 3.24. The molecule has 84 valence electrons. The van der Waals surface area contributed by atoms with Crippen LogP contribution in [0.3, 0.4) is 0 Å². The lowest BCUT2D eigenvalue weighted by atomic mass is 10.1. The summed E-state index contributed by atoms with van der Waals surface area (Å²) < 4.78 is 14.2. The summed E-state index contributed by atoms with van der Waals surface area (Å²) in [5, 5.41) is 9.65. The summed E-state index contributed by atoms with van der Waals surface area (Å²) >= 11 is 4.97. The van der Waals surface area contributed by atoms with Gasteiger partial charge in [-0.3, -0.25) is 0 Å². The molecule has 0 aliphatic carbocycles. The minimum Gasteiger partial charge on any atom is -0.393 e. The van der Waals surface area contributed by atoms with Crippen molar-refractivity contribution in [2.75, 3.05) is 12.0 Å². The van der Waals surface area contributed by atoms with E-state index in [1.165, 1.54) is 6.07 Å². The van der Waals surface area contributed by atoms with E-state index in [2.05, 4.69) is 15.9 Å². The van der Waals surface area contributed by atoms with Gasteiger partial charge in [-0.25, -0.2) is 4.39 Å². The zero-order chi connectivity index (χ0) is 11.3. The Morgan fingerprint density at radius 3 is 2.93 bits per heavy atom. The maximum Gasteiger partial charge on any atom is 0.126 e. The Hall–Kier alpha value is -0.0600. The second-order valence-corrected chi connectivity index (χ2v) is 5.28. The highest BCUT2D eigenvalue weighted by Crippen LogP contribution is 2.18. The van der Waals surface area contributed by atoms with Gasteiger partial charge in [0.25, 0.3) is 0 Å². The van der Waals surface area contributed by atoms with Crippen LogP contribution in [-0.4, -0.2) is 23.2 Å². The van der Waals surface area contributed by atoms with Crippen LogP contribution in [0.25, 0.3) is 0 Å². The van der Waals surface area contributed by atoms with E-state index in [1.807, 2.05) is 6.26 Å². The van der Waals surface area contributed by atoms with Crippen molar-refractivity contribution in [1.29, 1.82) is 0 Å². The molecule has 0 fully saturated rings. The molecule has 0 amide bonds. The molecule has 15 heavy (non-hydrogen) atoms. The number of aliphatic hydroxyl groups is 1. The first-order valence-corrected chi connectivity index (χ1v) is 6.93. The fourth-order valence-electron chi connectivity index (χ4n) is 1.31. The zero-order valence-corrected chi connectivity index (χ0v) is 10.9. The number of aliphatic hydroxyl groups excluding tert-OH is 1. The highest BCUT2D eigenvalue weighted by molar-refractivity contribution is 9.10. The molecule has 0 aliphatic heterocycles. The van der Waals surface area contributed by atoms with Gasteiger partial charge in [-0.05, 0) is 42.2 Å². The van der Waals surface area contributed by atoms with Crippen LogP contribution < -0.4 is 0 Å². The highest BCUT2D eigenvalue weighted by atomic mass is 79.9. The van der Waals surface area contributed by atoms with Crippen LogP contribution in [0, 0.1) is 5.82 Å². The number of benzene rings is 1. The molecular formula is C11H14BrFOS. The van der Waals surface area contributed by atoms with Crippen LogP contribution >= 0.6 is 27.7 Å². The first kappa shape index (κ1) is 13.0. The van der Waals surface area contributed by atoms with Crippen LogP contribution in [0.5, 0.6) is 0 Å². The van der Waals surface area contributed by atoms with E-state index in [0.29, 0.717) is 18.4 Å². The molecule has 0 aromatic heterocycles. The molecule has 1 atom stereocenters. The van der Waals surface area contributed by atoms with E-state index >= 15 is 0 Å². The van der Waals surface area contributed by atoms with Crippen LogP contribution in [0.1, 0.15) is 12.0 Å². The Bertz CT molecular complexity index is 319. The Morgan fingerprint density at radius 1 is 1.53 bits per heavy atom. The Morgan fingerprint density at radius 2 is 2.27 bits per heavy atom. The fourth-order valence-corrected chi connectivity index (χ4v) is 2.23. The molecule has 1 N–H and O–H groups in total. The van der Waals surface area contributed by atoms with E-state index in [0.717, 1.165) is 10.2 Å². The van der Waals surface area contributed by atoms with E-state index in [4.69, 9.17) is 0 Å². The number of halogens is 2. The maximum atomic E-state index is 13.3. The summed E-state index contributed by atoms with van der Waals surface area (Å²) in [6.07, 6.45) is 2.62. The molecule has 1 unspecified atom stereocenters. The third-order valence-electron chi connectivity index (χ3n) is 2.12. The van der Waals surface area contributed by atoms with Gasteiger partial charge < -0.3 is 5.11 Å². The second-order valence-electron chi connectivity index (χ2n) is 3.38. The maximum absolute atomic E-state index is 13.3. The summed E-state index contributed by atoms with van der Waals surface area (Å²) in [6, 6.07) is 4.80. The van der Waals surface area contributed by atoms with Crippen LogP contribution in [0.15, 0.2) is 22.7 Å². The molecule has 0 saturated carbocycles. The Balaban J connectivity index is 2.59. The van der Waals surface area contributed by atoms with Gasteiger partial charge in [0, 0.05) is 10.9 Å². The van der Waals surface area contributed by atoms with Crippen molar-refractivity contribution in [3.05, 3.63) is 34.1 Å². The minimum absolute atomic E-state index is 0.249. The van der Waals surface area contributed by atoms with Gasteiger partial charge in [0.1, 0.15) is 5.82 Å². The largest absolute Gasteiger partial charge is 0.393 e. The lowest BCUT2D eigenvalue weighted by Crippen LogP contribution is -2.12. The molecule has 0 saturated heterocycles. The van der Waals surface area contributed by atoms with Crippen molar-refractivity contribution in [3.63, 3.8) is 0 Å². The topological polar surface area (TPSA) is 20.2 Å². The standard InChI is InChI=1S/C11H14BrFOS/c1-15-5-4-10(14)7-8-6-9(12)2-3-11(8)13/h2-3,6,10,14H,4-5,7H2,1H3. The van der Waals surface area contributed by atoms with Crippen molar-refractivity contribution in [3.8, 4) is 0 Å². The first-order chi connectivity index (χ1) is 7.13. The zero-order valence-electron chi connectivity index (χ0n) is 8.54. The summed E-state index contributed by atoms with van der Waals surface area (Å²) in [6.45, 7) is 0. The normalized spacial score (nSPS) is 12.8. The number of rotatable bonds is 5. The van der Waals surface area contributed by atoms with Gasteiger partial charge in [-0.2, -0.15) is 11.8 Å². The molecule has 1 rings (SSSR count). The van der Waals surface area contributed by atoms with Crippen molar-refractivity contribution >= 4 is 27.7 Å². The lowest BCUT2D eigenvalue weighted by molar-refractivity contribution is 0.171. The molecule has 1 aromatic rings. The van der Waals surface area contributed by atoms with E-state index in [1.54, 1.807) is 23.9 Å². The van der Waals surface area contributed by atoms with Crippen molar-refractivity contribution < 1.29 is 9.50 Å². The Kier molecular flexibility index (Phi) is 5.64. The molecule has 0 bridgehead atoms. The molecule has 1 aromatic carbocycles. The predicted molar refractivity (Wildman–Crippen MR) is 66.8 cm³/mol.